The Hall–Kier alpha value is -0.690. The number of rotatable bonds is 8. The first-order valence-electron chi connectivity index (χ1n) is 7.74. The standard InChI is InChI=1S/C14H27N3O3/c18-14(16-12-13-2-1-9-20-13)3-4-15-5-6-17-7-10-19-11-8-17/h13,15H,1-12H2,(H,16,18). The van der Waals surface area contributed by atoms with E-state index in [0.717, 1.165) is 65.4 Å². The molecule has 0 aromatic heterocycles. The average molecular weight is 285 g/mol. The van der Waals surface area contributed by atoms with Crippen molar-refractivity contribution in [2.75, 3.05) is 59.1 Å². The highest BCUT2D eigenvalue weighted by atomic mass is 16.5. The molecule has 2 saturated heterocycles. The molecule has 1 atom stereocenters. The van der Waals surface area contributed by atoms with Crippen LogP contribution in [0.15, 0.2) is 0 Å². The first kappa shape index (κ1) is 15.7. The summed E-state index contributed by atoms with van der Waals surface area (Å²) in [4.78, 5) is 14.0. The second kappa shape index (κ2) is 9.28. The molecule has 0 spiro atoms. The topological polar surface area (TPSA) is 62.8 Å². The van der Waals surface area contributed by atoms with E-state index in [1.165, 1.54) is 0 Å². The van der Waals surface area contributed by atoms with Crippen molar-refractivity contribution in [1.82, 2.24) is 15.5 Å². The molecule has 0 saturated carbocycles. The summed E-state index contributed by atoms with van der Waals surface area (Å²) >= 11 is 0. The Morgan fingerprint density at radius 2 is 2.05 bits per heavy atom. The molecule has 0 radical (unpaired) electrons. The van der Waals surface area contributed by atoms with E-state index >= 15 is 0 Å². The predicted molar refractivity (Wildman–Crippen MR) is 76.7 cm³/mol. The lowest BCUT2D eigenvalue weighted by molar-refractivity contribution is -0.121. The molecular formula is C14H27N3O3. The van der Waals surface area contributed by atoms with Crippen LogP contribution in [0.1, 0.15) is 19.3 Å². The molecule has 0 bridgehead atoms. The summed E-state index contributed by atoms with van der Waals surface area (Å²) in [6.45, 7) is 7.91. The summed E-state index contributed by atoms with van der Waals surface area (Å²) in [6.07, 6.45) is 2.95. The smallest absolute Gasteiger partial charge is 0.221 e. The van der Waals surface area contributed by atoms with Crippen molar-refractivity contribution in [2.45, 2.75) is 25.4 Å². The molecular weight excluding hydrogens is 258 g/mol. The van der Waals surface area contributed by atoms with Crippen molar-refractivity contribution < 1.29 is 14.3 Å². The predicted octanol–water partition coefficient (Wildman–Crippen LogP) is -0.406. The molecule has 6 heteroatoms. The van der Waals surface area contributed by atoms with Gasteiger partial charge in [-0.1, -0.05) is 0 Å². The Kier molecular flexibility index (Phi) is 7.28. The molecule has 0 aromatic carbocycles. The zero-order chi connectivity index (χ0) is 14.0. The number of nitrogens with one attached hydrogen (secondary N) is 2. The molecule has 20 heavy (non-hydrogen) atoms. The van der Waals surface area contributed by atoms with Gasteiger partial charge >= 0.3 is 0 Å². The second-order valence-corrected chi connectivity index (χ2v) is 5.39. The number of carbonyl (C=O) groups excluding carboxylic acids is 1. The van der Waals surface area contributed by atoms with Gasteiger partial charge in [-0.3, -0.25) is 9.69 Å². The maximum atomic E-state index is 11.6. The second-order valence-electron chi connectivity index (χ2n) is 5.39. The van der Waals surface area contributed by atoms with Gasteiger partial charge in [-0.25, -0.2) is 0 Å². The van der Waals surface area contributed by atoms with E-state index in [1.807, 2.05) is 0 Å². The van der Waals surface area contributed by atoms with Gasteiger partial charge in [-0.2, -0.15) is 0 Å². The summed E-state index contributed by atoms with van der Waals surface area (Å²) < 4.78 is 10.8. The minimum atomic E-state index is 0.111. The van der Waals surface area contributed by atoms with Crippen molar-refractivity contribution in [3.63, 3.8) is 0 Å². The van der Waals surface area contributed by atoms with Crippen LogP contribution in [0.2, 0.25) is 0 Å². The summed E-state index contributed by atoms with van der Waals surface area (Å²) in [5.41, 5.74) is 0. The molecule has 1 amide bonds. The molecule has 2 aliphatic heterocycles. The van der Waals surface area contributed by atoms with Crippen LogP contribution in [0.4, 0.5) is 0 Å². The average Bonchev–Trinajstić information content (AvgIpc) is 2.99. The third-order valence-corrected chi connectivity index (χ3v) is 3.79. The summed E-state index contributed by atoms with van der Waals surface area (Å²) in [7, 11) is 0. The number of amides is 1. The number of hydrogen-bond donors (Lipinski definition) is 2. The Morgan fingerprint density at radius 1 is 1.20 bits per heavy atom. The van der Waals surface area contributed by atoms with Crippen molar-refractivity contribution in [3.8, 4) is 0 Å². The molecule has 0 aliphatic carbocycles. The lowest BCUT2D eigenvalue weighted by atomic mass is 10.2. The van der Waals surface area contributed by atoms with Gasteiger partial charge in [-0.05, 0) is 12.8 Å². The minimum Gasteiger partial charge on any atom is -0.379 e. The van der Waals surface area contributed by atoms with Crippen LogP contribution in [0.25, 0.3) is 0 Å². The summed E-state index contributed by atoms with van der Waals surface area (Å²) in [6, 6.07) is 0. The van der Waals surface area contributed by atoms with Crippen molar-refractivity contribution in [3.05, 3.63) is 0 Å². The zero-order valence-electron chi connectivity index (χ0n) is 12.2. The zero-order valence-corrected chi connectivity index (χ0v) is 12.2. The number of nitrogens with zero attached hydrogens (tertiary/aromatic N) is 1. The van der Waals surface area contributed by atoms with E-state index in [0.29, 0.717) is 13.0 Å². The fourth-order valence-electron chi connectivity index (χ4n) is 2.51. The normalized spacial score (nSPS) is 23.9. The van der Waals surface area contributed by atoms with E-state index in [4.69, 9.17) is 9.47 Å². The Balaban J connectivity index is 1.40. The number of carbonyl (C=O) groups is 1. The van der Waals surface area contributed by atoms with Crippen LogP contribution in [-0.4, -0.2) is 76.0 Å². The SMILES string of the molecule is O=C(CCNCCN1CCOCC1)NCC1CCCO1. The fraction of sp³-hybridized carbons (Fsp3) is 0.929. The van der Waals surface area contributed by atoms with Gasteiger partial charge in [0.05, 0.1) is 19.3 Å². The highest BCUT2D eigenvalue weighted by Crippen LogP contribution is 2.10. The van der Waals surface area contributed by atoms with Crippen LogP contribution in [-0.2, 0) is 14.3 Å². The maximum Gasteiger partial charge on any atom is 0.221 e. The molecule has 116 valence electrons. The molecule has 2 N–H and O–H groups in total. The monoisotopic (exact) mass is 285 g/mol. The van der Waals surface area contributed by atoms with Gasteiger partial charge in [0.25, 0.3) is 0 Å². The Bertz CT molecular complexity index is 277. The first-order chi connectivity index (χ1) is 9.84. The highest BCUT2D eigenvalue weighted by molar-refractivity contribution is 5.76. The third kappa shape index (κ3) is 6.17. The molecule has 2 heterocycles. The number of ether oxygens (including phenoxy) is 2. The van der Waals surface area contributed by atoms with Gasteiger partial charge in [-0.15, -0.1) is 0 Å². The fourth-order valence-corrected chi connectivity index (χ4v) is 2.51. The molecule has 6 nitrogen and oxygen atoms in total. The van der Waals surface area contributed by atoms with Gasteiger partial charge in [0.1, 0.15) is 0 Å². The van der Waals surface area contributed by atoms with Crippen LogP contribution in [0, 0.1) is 0 Å². The van der Waals surface area contributed by atoms with E-state index in [-0.39, 0.29) is 12.0 Å². The van der Waals surface area contributed by atoms with E-state index < -0.39 is 0 Å². The largest absolute Gasteiger partial charge is 0.379 e. The van der Waals surface area contributed by atoms with Crippen LogP contribution in [0.5, 0.6) is 0 Å². The first-order valence-corrected chi connectivity index (χ1v) is 7.74. The van der Waals surface area contributed by atoms with E-state index in [2.05, 4.69) is 15.5 Å². The molecule has 2 rings (SSSR count). The van der Waals surface area contributed by atoms with Gasteiger partial charge in [0.15, 0.2) is 0 Å². The maximum absolute atomic E-state index is 11.6. The number of morpholine rings is 1. The van der Waals surface area contributed by atoms with Gasteiger partial charge in [0, 0.05) is 52.3 Å². The molecule has 2 aliphatic rings. The van der Waals surface area contributed by atoms with Crippen molar-refractivity contribution in [1.29, 1.82) is 0 Å². The highest BCUT2D eigenvalue weighted by Gasteiger charge is 2.15. The summed E-state index contributed by atoms with van der Waals surface area (Å²) in [5, 5.41) is 6.25. The quantitative estimate of drug-likeness (QED) is 0.594. The molecule has 2 fully saturated rings. The molecule has 0 aromatic rings. The third-order valence-electron chi connectivity index (χ3n) is 3.79. The molecule has 1 unspecified atom stereocenters. The van der Waals surface area contributed by atoms with E-state index in [9.17, 15) is 4.79 Å². The van der Waals surface area contributed by atoms with Crippen molar-refractivity contribution in [2.24, 2.45) is 0 Å². The Morgan fingerprint density at radius 3 is 2.80 bits per heavy atom. The van der Waals surface area contributed by atoms with Gasteiger partial charge < -0.3 is 20.1 Å². The van der Waals surface area contributed by atoms with E-state index in [1.54, 1.807) is 0 Å². The van der Waals surface area contributed by atoms with Crippen LogP contribution >= 0.6 is 0 Å². The lowest BCUT2D eigenvalue weighted by Gasteiger charge is -2.26. The lowest BCUT2D eigenvalue weighted by Crippen LogP contribution is -2.41. The summed E-state index contributed by atoms with van der Waals surface area (Å²) in [5.74, 6) is 0.111. The Labute approximate surface area is 121 Å². The van der Waals surface area contributed by atoms with Crippen LogP contribution < -0.4 is 10.6 Å². The van der Waals surface area contributed by atoms with Gasteiger partial charge in [0.2, 0.25) is 5.91 Å². The minimum absolute atomic E-state index is 0.111. The van der Waals surface area contributed by atoms with Crippen molar-refractivity contribution >= 4 is 5.91 Å². The van der Waals surface area contributed by atoms with Crippen LogP contribution in [0.3, 0.4) is 0 Å². The number of hydrogen-bond acceptors (Lipinski definition) is 5.